The first-order valence-corrected chi connectivity index (χ1v) is 11.9. The van der Waals surface area contributed by atoms with Gasteiger partial charge in [0, 0.05) is 23.3 Å². The molecule has 1 aliphatic heterocycles. The van der Waals surface area contributed by atoms with Gasteiger partial charge in [-0.2, -0.15) is 0 Å². The number of aromatic amines is 1. The molecule has 1 fully saturated rings. The molecular formula is C26H28N6O. The normalized spacial score (nSPS) is 17.4. The second-order valence-electron chi connectivity index (χ2n) is 9.39. The summed E-state index contributed by atoms with van der Waals surface area (Å²) >= 11 is 0. The Balaban J connectivity index is 1.55. The Bertz CT molecular complexity index is 1370. The van der Waals surface area contributed by atoms with E-state index in [9.17, 15) is 4.79 Å². The van der Waals surface area contributed by atoms with Crippen LogP contribution in [0.4, 0.5) is 5.69 Å². The third-order valence-corrected chi connectivity index (χ3v) is 7.24. The monoisotopic (exact) mass is 440 g/mol. The van der Waals surface area contributed by atoms with Gasteiger partial charge in [0.2, 0.25) is 0 Å². The van der Waals surface area contributed by atoms with Gasteiger partial charge in [-0.15, -0.1) is 5.10 Å². The second kappa shape index (κ2) is 8.14. The lowest BCUT2D eigenvalue weighted by Crippen LogP contribution is -2.35. The Hall–Kier alpha value is -3.48. The van der Waals surface area contributed by atoms with E-state index in [1.165, 1.54) is 24.8 Å². The Labute approximate surface area is 192 Å². The molecule has 0 amide bonds. The molecule has 0 spiro atoms. The van der Waals surface area contributed by atoms with Crippen LogP contribution in [0.25, 0.3) is 10.9 Å². The van der Waals surface area contributed by atoms with E-state index in [-0.39, 0.29) is 17.6 Å². The number of H-pyrrole nitrogens is 1. The smallest absolute Gasteiger partial charge is 0.254 e. The quantitative estimate of drug-likeness (QED) is 0.506. The molecule has 6 rings (SSSR count). The molecule has 1 atom stereocenters. The van der Waals surface area contributed by atoms with Gasteiger partial charge in [0.25, 0.3) is 5.56 Å². The van der Waals surface area contributed by atoms with Crippen LogP contribution in [0.15, 0.2) is 53.3 Å². The number of nitrogens with zero attached hydrogens (tertiary/aromatic N) is 5. The van der Waals surface area contributed by atoms with E-state index in [1.54, 1.807) is 0 Å². The molecule has 7 heteroatoms. The van der Waals surface area contributed by atoms with Crippen LogP contribution < -0.4 is 10.5 Å². The first-order chi connectivity index (χ1) is 16.2. The van der Waals surface area contributed by atoms with Crippen LogP contribution in [0.3, 0.4) is 0 Å². The van der Waals surface area contributed by atoms with Crippen molar-refractivity contribution in [3.63, 3.8) is 0 Å². The lowest BCUT2D eigenvalue weighted by atomic mass is 9.95. The lowest BCUT2D eigenvalue weighted by molar-refractivity contribution is 0.313. The van der Waals surface area contributed by atoms with Crippen molar-refractivity contribution >= 4 is 16.6 Å². The van der Waals surface area contributed by atoms with Gasteiger partial charge in [-0.25, -0.2) is 4.68 Å². The van der Waals surface area contributed by atoms with Gasteiger partial charge < -0.3 is 9.88 Å². The zero-order valence-electron chi connectivity index (χ0n) is 18.9. The predicted molar refractivity (Wildman–Crippen MR) is 129 cm³/mol. The molecule has 33 heavy (non-hydrogen) atoms. The van der Waals surface area contributed by atoms with Crippen molar-refractivity contribution in [2.24, 2.45) is 0 Å². The van der Waals surface area contributed by atoms with E-state index >= 15 is 0 Å². The largest absolute Gasteiger partial charge is 0.357 e. The molecule has 168 valence electrons. The van der Waals surface area contributed by atoms with Crippen LogP contribution in [-0.4, -0.2) is 31.7 Å². The molecule has 4 aromatic rings. The van der Waals surface area contributed by atoms with Crippen molar-refractivity contribution in [1.29, 1.82) is 0 Å². The van der Waals surface area contributed by atoms with Crippen LogP contribution in [0.5, 0.6) is 0 Å². The number of aryl methyl sites for hydroxylation is 1. The van der Waals surface area contributed by atoms with E-state index in [2.05, 4.69) is 62.7 Å². The number of benzene rings is 2. The first kappa shape index (κ1) is 20.1. The molecule has 0 unspecified atom stereocenters. The summed E-state index contributed by atoms with van der Waals surface area (Å²) in [5, 5.41) is 14.1. The fourth-order valence-electron chi connectivity index (χ4n) is 5.59. The fourth-order valence-corrected chi connectivity index (χ4v) is 5.59. The first-order valence-electron chi connectivity index (χ1n) is 11.9. The molecule has 1 aliphatic carbocycles. The van der Waals surface area contributed by atoms with Gasteiger partial charge in [0.15, 0.2) is 5.82 Å². The van der Waals surface area contributed by atoms with Gasteiger partial charge in [-0.05, 0) is 71.8 Å². The minimum absolute atomic E-state index is 0.0843. The summed E-state index contributed by atoms with van der Waals surface area (Å²) in [4.78, 5) is 18.9. The van der Waals surface area contributed by atoms with E-state index in [0.717, 1.165) is 53.8 Å². The highest BCUT2D eigenvalue weighted by molar-refractivity contribution is 5.80. The number of anilines is 1. The molecule has 2 aromatic carbocycles. The summed E-state index contributed by atoms with van der Waals surface area (Å²) in [6.07, 6.45) is 6.75. The minimum Gasteiger partial charge on any atom is -0.357 e. The van der Waals surface area contributed by atoms with Crippen LogP contribution in [0.2, 0.25) is 0 Å². The van der Waals surface area contributed by atoms with Crippen molar-refractivity contribution in [3.8, 4) is 0 Å². The van der Waals surface area contributed by atoms with Gasteiger partial charge in [-0.1, -0.05) is 49.1 Å². The number of fused-ring (bicyclic) bond motifs is 2. The molecule has 3 heterocycles. The molecule has 2 aliphatic rings. The van der Waals surface area contributed by atoms with Gasteiger partial charge >= 0.3 is 0 Å². The minimum atomic E-state index is -0.348. The number of pyridine rings is 1. The van der Waals surface area contributed by atoms with Gasteiger partial charge in [0.1, 0.15) is 6.04 Å². The van der Waals surface area contributed by atoms with Crippen molar-refractivity contribution in [3.05, 3.63) is 81.4 Å². The number of rotatable bonds is 4. The zero-order chi connectivity index (χ0) is 22.4. The Morgan fingerprint density at radius 1 is 1.06 bits per heavy atom. The van der Waals surface area contributed by atoms with E-state index in [1.807, 2.05) is 22.9 Å². The van der Waals surface area contributed by atoms with Crippen molar-refractivity contribution in [2.45, 2.75) is 57.5 Å². The summed E-state index contributed by atoms with van der Waals surface area (Å²) in [5.41, 5.74) is 5.07. The molecule has 7 nitrogen and oxygen atoms in total. The summed E-state index contributed by atoms with van der Waals surface area (Å²) in [6.45, 7) is 2.90. The van der Waals surface area contributed by atoms with Crippen molar-refractivity contribution in [1.82, 2.24) is 25.2 Å². The average molecular weight is 441 g/mol. The highest BCUT2D eigenvalue weighted by Gasteiger charge is 2.35. The van der Waals surface area contributed by atoms with Crippen LogP contribution in [0.1, 0.15) is 66.7 Å². The van der Waals surface area contributed by atoms with Gasteiger partial charge in [0.05, 0.1) is 6.04 Å². The van der Waals surface area contributed by atoms with E-state index < -0.39 is 0 Å². The highest BCUT2D eigenvalue weighted by Crippen LogP contribution is 2.39. The molecule has 0 bridgehead atoms. The maximum atomic E-state index is 13.5. The molecule has 1 saturated carbocycles. The van der Waals surface area contributed by atoms with E-state index in [0.29, 0.717) is 5.56 Å². The number of nitrogens with one attached hydrogen (secondary N) is 1. The average Bonchev–Trinajstić information content (AvgIpc) is 3.49. The topological polar surface area (TPSA) is 79.7 Å². The van der Waals surface area contributed by atoms with Crippen LogP contribution in [0, 0.1) is 6.92 Å². The lowest BCUT2D eigenvalue weighted by Gasteiger charge is -2.31. The second-order valence-corrected chi connectivity index (χ2v) is 9.39. The third kappa shape index (κ3) is 3.52. The summed E-state index contributed by atoms with van der Waals surface area (Å²) < 4.78 is 2.00. The molecular weight excluding hydrogens is 412 g/mol. The Morgan fingerprint density at radius 3 is 2.79 bits per heavy atom. The highest BCUT2D eigenvalue weighted by atomic mass is 16.1. The number of aromatic nitrogens is 5. The van der Waals surface area contributed by atoms with Crippen molar-refractivity contribution in [2.75, 3.05) is 11.4 Å². The van der Waals surface area contributed by atoms with E-state index in [4.69, 9.17) is 0 Å². The maximum absolute atomic E-state index is 13.5. The number of hydrogen-bond donors (Lipinski definition) is 1. The van der Waals surface area contributed by atoms with Crippen LogP contribution >= 0.6 is 0 Å². The SMILES string of the molecule is Cc1ccc2[nH]c(=O)c([C@@H](c3nnnn3C3CCCCC3)N3CCc4ccccc43)cc2c1. The van der Waals surface area contributed by atoms with Crippen LogP contribution in [-0.2, 0) is 6.42 Å². The molecule has 0 saturated heterocycles. The summed E-state index contributed by atoms with van der Waals surface area (Å²) in [5.74, 6) is 0.760. The molecule has 1 N–H and O–H groups in total. The summed E-state index contributed by atoms with van der Waals surface area (Å²) in [6, 6.07) is 16.5. The summed E-state index contributed by atoms with van der Waals surface area (Å²) in [7, 11) is 0. The number of hydrogen-bond acceptors (Lipinski definition) is 5. The van der Waals surface area contributed by atoms with Crippen molar-refractivity contribution < 1.29 is 0 Å². The molecule has 2 aromatic heterocycles. The number of para-hydroxylation sites is 1. The maximum Gasteiger partial charge on any atom is 0.254 e. The standard InChI is InChI=1S/C26H28N6O/c1-17-11-12-22-19(15-17)16-21(26(33)27-22)24(31-14-13-18-7-5-6-10-23(18)31)25-28-29-30-32(25)20-8-3-2-4-9-20/h5-7,10-12,15-16,20,24H,2-4,8-9,13-14H2,1H3,(H,27,33)/t24-/m0/s1. The van der Waals surface area contributed by atoms with Gasteiger partial charge in [-0.3, -0.25) is 4.79 Å². The Kier molecular flexibility index (Phi) is 4.97. The fraction of sp³-hybridized carbons (Fsp3) is 0.385. The zero-order valence-corrected chi connectivity index (χ0v) is 18.9. The molecule has 0 radical (unpaired) electrons. The predicted octanol–water partition coefficient (Wildman–Crippen LogP) is 4.48. The Morgan fingerprint density at radius 2 is 1.91 bits per heavy atom. The number of tetrazole rings is 1. The third-order valence-electron chi connectivity index (χ3n) is 7.24.